The van der Waals surface area contributed by atoms with Gasteiger partial charge in [0.25, 0.3) is 10.0 Å². The minimum Gasteiger partial charge on any atom is -0.289 e. The quantitative estimate of drug-likeness (QED) is 0.677. The van der Waals surface area contributed by atoms with Crippen molar-refractivity contribution in [3.05, 3.63) is 95.0 Å². The maximum absolute atomic E-state index is 12.7. The van der Waals surface area contributed by atoms with Gasteiger partial charge in [-0.3, -0.25) is 9.52 Å². The number of hydrogen-bond donors (Lipinski definition) is 1. The van der Waals surface area contributed by atoms with Crippen LogP contribution in [0.25, 0.3) is 0 Å². The van der Waals surface area contributed by atoms with E-state index in [-0.39, 0.29) is 21.9 Å². The van der Waals surface area contributed by atoms with Crippen LogP contribution < -0.4 is 4.72 Å². The minimum absolute atomic E-state index is 0.0684. The number of carbonyl (C=O) groups is 1. The van der Waals surface area contributed by atoms with E-state index < -0.39 is 10.0 Å². The third-order valence-electron chi connectivity index (χ3n) is 3.58. The summed E-state index contributed by atoms with van der Waals surface area (Å²) in [5, 5.41) is 0.443. The lowest BCUT2D eigenvalue weighted by Gasteiger charge is -2.12. The Hall–Kier alpha value is -2.63. The number of para-hydroxylation sites is 1. The molecule has 0 aliphatic rings. The molecule has 4 nitrogen and oxygen atoms in total. The second-order valence-corrected chi connectivity index (χ2v) is 7.42. The lowest BCUT2D eigenvalue weighted by Crippen LogP contribution is -2.15. The maximum Gasteiger partial charge on any atom is 0.261 e. The number of carbonyl (C=O) groups excluding carboxylic acids is 1. The molecule has 0 heterocycles. The van der Waals surface area contributed by atoms with Crippen LogP contribution in [0.4, 0.5) is 5.69 Å². The third-order valence-corrected chi connectivity index (χ3v) is 5.21. The summed E-state index contributed by atoms with van der Waals surface area (Å²) < 4.78 is 27.6. The molecule has 6 heteroatoms. The smallest absolute Gasteiger partial charge is 0.261 e. The molecule has 0 fully saturated rings. The molecule has 3 aromatic rings. The average Bonchev–Trinajstić information content (AvgIpc) is 2.62. The number of halogens is 1. The van der Waals surface area contributed by atoms with Crippen molar-refractivity contribution in [3.8, 4) is 0 Å². The Kier molecular flexibility index (Phi) is 4.88. The van der Waals surface area contributed by atoms with E-state index in [0.29, 0.717) is 10.6 Å². The molecule has 3 aromatic carbocycles. The molecule has 1 N–H and O–H groups in total. The highest BCUT2D eigenvalue weighted by Crippen LogP contribution is 2.23. The first-order chi connectivity index (χ1) is 12.0. The molecular formula is C19H14ClNO3S. The summed E-state index contributed by atoms with van der Waals surface area (Å²) in [6, 6.07) is 21.0. The molecule has 0 amide bonds. The van der Waals surface area contributed by atoms with Crippen LogP contribution in [0, 0.1) is 0 Å². The standard InChI is InChI=1S/C19H14ClNO3S/c20-15-10-12-16(13-11-15)25(23,24)21-18-9-5-4-8-17(18)19(22)14-6-2-1-3-7-14/h1-13,21H. The lowest BCUT2D eigenvalue weighted by molar-refractivity contribution is 0.103. The van der Waals surface area contributed by atoms with Crippen molar-refractivity contribution in [2.45, 2.75) is 4.90 Å². The molecule has 0 saturated heterocycles. The van der Waals surface area contributed by atoms with E-state index in [1.54, 1.807) is 48.5 Å². The summed E-state index contributed by atoms with van der Waals surface area (Å²) in [5.41, 5.74) is 0.998. The van der Waals surface area contributed by atoms with E-state index in [4.69, 9.17) is 11.6 Å². The molecular weight excluding hydrogens is 358 g/mol. The maximum atomic E-state index is 12.7. The van der Waals surface area contributed by atoms with Crippen molar-refractivity contribution in [2.75, 3.05) is 4.72 Å². The van der Waals surface area contributed by atoms with Crippen LogP contribution in [0.2, 0.25) is 5.02 Å². The Morgan fingerprint density at radius 1 is 0.800 bits per heavy atom. The van der Waals surface area contributed by atoms with E-state index in [1.807, 2.05) is 6.07 Å². The number of sulfonamides is 1. The molecule has 126 valence electrons. The summed E-state index contributed by atoms with van der Waals surface area (Å²) in [6.45, 7) is 0. The van der Waals surface area contributed by atoms with Gasteiger partial charge in [-0.05, 0) is 36.4 Å². The van der Waals surface area contributed by atoms with Crippen LogP contribution in [0.15, 0.2) is 83.8 Å². The predicted molar refractivity (Wildman–Crippen MR) is 98.6 cm³/mol. The third kappa shape index (κ3) is 3.90. The van der Waals surface area contributed by atoms with Crippen molar-refractivity contribution in [2.24, 2.45) is 0 Å². The van der Waals surface area contributed by atoms with E-state index in [0.717, 1.165) is 0 Å². The summed E-state index contributed by atoms with van der Waals surface area (Å²) in [7, 11) is -3.83. The lowest BCUT2D eigenvalue weighted by atomic mass is 10.0. The minimum atomic E-state index is -3.83. The van der Waals surface area contributed by atoms with Gasteiger partial charge in [-0.1, -0.05) is 54.1 Å². The first-order valence-electron chi connectivity index (χ1n) is 7.44. The summed E-state index contributed by atoms with van der Waals surface area (Å²) in [6.07, 6.45) is 0. The van der Waals surface area contributed by atoms with Gasteiger partial charge in [0.05, 0.1) is 10.6 Å². The Labute approximate surface area is 151 Å². The number of anilines is 1. The van der Waals surface area contributed by atoms with E-state index in [2.05, 4.69) is 4.72 Å². The van der Waals surface area contributed by atoms with Crippen LogP contribution in [-0.4, -0.2) is 14.2 Å². The van der Waals surface area contributed by atoms with Crippen molar-refractivity contribution >= 4 is 33.1 Å². The zero-order valence-corrected chi connectivity index (χ0v) is 14.6. The van der Waals surface area contributed by atoms with Gasteiger partial charge >= 0.3 is 0 Å². The van der Waals surface area contributed by atoms with E-state index in [1.165, 1.54) is 24.3 Å². The van der Waals surface area contributed by atoms with Crippen molar-refractivity contribution in [3.63, 3.8) is 0 Å². The van der Waals surface area contributed by atoms with Crippen molar-refractivity contribution in [1.29, 1.82) is 0 Å². The number of ketones is 1. The molecule has 0 saturated carbocycles. The fourth-order valence-corrected chi connectivity index (χ4v) is 3.54. The Bertz CT molecular complexity index is 1000. The summed E-state index contributed by atoms with van der Waals surface area (Å²) >= 11 is 5.80. The number of rotatable bonds is 5. The number of hydrogen-bond acceptors (Lipinski definition) is 3. The van der Waals surface area contributed by atoms with Gasteiger partial charge < -0.3 is 0 Å². The molecule has 0 aromatic heterocycles. The molecule has 3 rings (SSSR count). The van der Waals surface area contributed by atoms with Crippen molar-refractivity contribution in [1.82, 2.24) is 0 Å². The average molecular weight is 372 g/mol. The SMILES string of the molecule is O=C(c1ccccc1)c1ccccc1NS(=O)(=O)c1ccc(Cl)cc1. The Balaban J connectivity index is 1.96. The molecule has 0 aliphatic carbocycles. The van der Waals surface area contributed by atoms with Crippen LogP contribution in [-0.2, 0) is 10.0 Å². The molecule has 0 spiro atoms. The monoisotopic (exact) mass is 371 g/mol. The van der Waals surface area contributed by atoms with Gasteiger partial charge in [0.2, 0.25) is 0 Å². The molecule has 0 aliphatic heterocycles. The van der Waals surface area contributed by atoms with Crippen LogP contribution in [0.5, 0.6) is 0 Å². The van der Waals surface area contributed by atoms with E-state index in [9.17, 15) is 13.2 Å². The van der Waals surface area contributed by atoms with Gasteiger partial charge in [-0.2, -0.15) is 0 Å². The summed E-state index contributed by atoms with van der Waals surface area (Å²) in [4.78, 5) is 12.8. The first-order valence-corrected chi connectivity index (χ1v) is 9.31. The summed E-state index contributed by atoms with van der Waals surface area (Å²) in [5.74, 6) is -0.255. The Morgan fingerprint density at radius 2 is 1.40 bits per heavy atom. The zero-order chi connectivity index (χ0) is 17.9. The largest absolute Gasteiger partial charge is 0.289 e. The molecule has 0 bridgehead atoms. The molecule has 0 atom stereocenters. The molecule has 25 heavy (non-hydrogen) atoms. The first kappa shape index (κ1) is 17.2. The topological polar surface area (TPSA) is 63.2 Å². The number of benzene rings is 3. The van der Waals surface area contributed by atoms with Gasteiger partial charge in [0.1, 0.15) is 0 Å². The van der Waals surface area contributed by atoms with Gasteiger partial charge in [0, 0.05) is 16.1 Å². The highest BCUT2D eigenvalue weighted by Gasteiger charge is 2.19. The highest BCUT2D eigenvalue weighted by atomic mass is 35.5. The van der Waals surface area contributed by atoms with Gasteiger partial charge in [-0.15, -0.1) is 0 Å². The zero-order valence-electron chi connectivity index (χ0n) is 13.0. The number of nitrogens with one attached hydrogen (secondary N) is 1. The fraction of sp³-hybridized carbons (Fsp3) is 0. The van der Waals surface area contributed by atoms with Crippen LogP contribution >= 0.6 is 11.6 Å². The van der Waals surface area contributed by atoms with Gasteiger partial charge in [0.15, 0.2) is 5.78 Å². The molecule has 0 radical (unpaired) electrons. The van der Waals surface area contributed by atoms with Gasteiger partial charge in [-0.25, -0.2) is 8.42 Å². The molecule has 0 unspecified atom stereocenters. The van der Waals surface area contributed by atoms with Crippen LogP contribution in [0.3, 0.4) is 0 Å². The fourth-order valence-electron chi connectivity index (χ4n) is 2.33. The van der Waals surface area contributed by atoms with E-state index >= 15 is 0 Å². The predicted octanol–water partition coefficient (Wildman–Crippen LogP) is 4.37. The second-order valence-electron chi connectivity index (χ2n) is 5.30. The Morgan fingerprint density at radius 3 is 2.08 bits per heavy atom. The van der Waals surface area contributed by atoms with Crippen LogP contribution in [0.1, 0.15) is 15.9 Å². The normalized spacial score (nSPS) is 11.1. The second kappa shape index (κ2) is 7.09. The highest BCUT2D eigenvalue weighted by molar-refractivity contribution is 7.92. The van der Waals surface area contributed by atoms with Crippen molar-refractivity contribution < 1.29 is 13.2 Å².